The lowest BCUT2D eigenvalue weighted by molar-refractivity contribution is -0.145. The van der Waals surface area contributed by atoms with E-state index in [0.717, 1.165) is 11.1 Å². The summed E-state index contributed by atoms with van der Waals surface area (Å²) in [6.07, 6.45) is 2.57. The summed E-state index contributed by atoms with van der Waals surface area (Å²) in [5.41, 5.74) is 2.04. The number of methoxy groups -OCH3 is 1. The first-order chi connectivity index (χ1) is 11.2. The molecule has 0 spiro atoms. The summed E-state index contributed by atoms with van der Waals surface area (Å²) in [6.45, 7) is 1.97. The first-order valence-electron chi connectivity index (χ1n) is 7.81. The average molecular weight is 355 g/mol. The van der Waals surface area contributed by atoms with Gasteiger partial charge in [0.2, 0.25) is 5.91 Å². The van der Waals surface area contributed by atoms with Crippen molar-refractivity contribution < 1.29 is 22.7 Å². The van der Waals surface area contributed by atoms with E-state index >= 15 is 0 Å². The maximum absolute atomic E-state index is 12.0. The highest BCUT2D eigenvalue weighted by Crippen LogP contribution is 2.08. The van der Waals surface area contributed by atoms with Crippen LogP contribution in [0, 0.1) is 6.92 Å². The van der Waals surface area contributed by atoms with Gasteiger partial charge < -0.3 is 10.1 Å². The van der Waals surface area contributed by atoms with Gasteiger partial charge in [0.05, 0.1) is 7.11 Å². The lowest BCUT2D eigenvalue weighted by Gasteiger charge is -2.16. The van der Waals surface area contributed by atoms with E-state index in [9.17, 15) is 18.0 Å². The first kappa shape index (κ1) is 20.2. The van der Waals surface area contributed by atoms with Crippen LogP contribution in [0.4, 0.5) is 0 Å². The van der Waals surface area contributed by atoms with Crippen LogP contribution >= 0.6 is 0 Å². The molecule has 0 fully saturated rings. The number of hydrogen-bond donors (Lipinski definition) is 1. The van der Waals surface area contributed by atoms with Crippen LogP contribution < -0.4 is 5.32 Å². The number of nitrogens with one attached hydrogen (secondary N) is 1. The molecule has 0 heterocycles. The molecular formula is C17H25NO5S. The van der Waals surface area contributed by atoms with Crippen molar-refractivity contribution in [2.75, 3.05) is 19.1 Å². The van der Waals surface area contributed by atoms with Crippen LogP contribution in [0.3, 0.4) is 0 Å². The molecule has 0 aliphatic rings. The second kappa shape index (κ2) is 9.42. The van der Waals surface area contributed by atoms with E-state index < -0.39 is 21.8 Å². The van der Waals surface area contributed by atoms with E-state index in [1.54, 1.807) is 0 Å². The highest BCUT2D eigenvalue weighted by Gasteiger charge is 2.21. The molecule has 1 aromatic carbocycles. The molecule has 134 valence electrons. The van der Waals surface area contributed by atoms with E-state index in [2.05, 4.69) is 5.32 Å². The van der Waals surface area contributed by atoms with Gasteiger partial charge in [-0.1, -0.05) is 29.8 Å². The fourth-order valence-corrected chi connectivity index (χ4v) is 2.94. The number of aryl methyl sites for hydroxylation is 1. The van der Waals surface area contributed by atoms with Crippen LogP contribution in [-0.4, -0.2) is 45.5 Å². The number of carbonyl (C=O) groups is 2. The van der Waals surface area contributed by atoms with Gasteiger partial charge in [0.25, 0.3) is 0 Å². The Morgan fingerprint density at radius 1 is 1.17 bits per heavy atom. The lowest BCUT2D eigenvalue weighted by Crippen LogP contribution is -2.43. The standard InChI is InChI=1S/C17H25NO5S/c1-13-7-9-14(10-8-13)12-15(17(20)23-2)18-16(19)6-4-5-11-24(3,21)22/h7-10,15H,4-6,11-12H2,1-3H3,(H,18,19). The zero-order valence-corrected chi connectivity index (χ0v) is 15.2. The van der Waals surface area contributed by atoms with Crippen molar-refractivity contribution in [2.24, 2.45) is 0 Å². The topological polar surface area (TPSA) is 89.5 Å². The smallest absolute Gasteiger partial charge is 0.328 e. The molecule has 0 aromatic heterocycles. The predicted molar refractivity (Wildman–Crippen MR) is 92.4 cm³/mol. The Morgan fingerprint density at radius 2 is 1.79 bits per heavy atom. The van der Waals surface area contributed by atoms with Crippen molar-refractivity contribution in [1.82, 2.24) is 5.32 Å². The van der Waals surface area contributed by atoms with Gasteiger partial charge in [0.15, 0.2) is 0 Å². The number of carbonyl (C=O) groups excluding carboxylic acids is 2. The van der Waals surface area contributed by atoms with Crippen LogP contribution in [-0.2, 0) is 30.6 Å². The summed E-state index contributed by atoms with van der Waals surface area (Å²) in [6, 6.07) is 6.94. The van der Waals surface area contributed by atoms with Crippen molar-refractivity contribution in [3.05, 3.63) is 35.4 Å². The molecule has 24 heavy (non-hydrogen) atoms. The number of ether oxygens (including phenoxy) is 1. The molecule has 1 unspecified atom stereocenters. The molecule has 1 rings (SSSR count). The average Bonchev–Trinajstić information content (AvgIpc) is 2.51. The maximum atomic E-state index is 12.0. The first-order valence-corrected chi connectivity index (χ1v) is 9.88. The molecule has 0 radical (unpaired) electrons. The normalized spacial score (nSPS) is 12.5. The van der Waals surface area contributed by atoms with Gasteiger partial charge >= 0.3 is 5.97 Å². The van der Waals surface area contributed by atoms with Crippen molar-refractivity contribution in [1.29, 1.82) is 0 Å². The van der Waals surface area contributed by atoms with Crippen LogP contribution in [0.5, 0.6) is 0 Å². The van der Waals surface area contributed by atoms with Gasteiger partial charge in [-0.2, -0.15) is 0 Å². The Morgan fingerprint density at radius 3 is 2.33 bits per heavy atom. The fourth-order valence-electron chi connectivity index (χ4n) is 2.21. The van der Waals surface area contributed by atoms with Gasteiger partial charge in [-0.3, -0.25) is 4.79 Å². The van der Waals surface area contributed by atoms with Crippen LogP contribution in [0.15, 0.2) is 24.3 Å². The highest BCUT2D eigenvalue weighted by molar-refractivity contribution is 7.90. The number of unbranched alkanes of at least 4 members (excludes halogenated alkanes) is 1. The zero-order chi connectivity index (χ0) is 18.2. The number of sulfone groups is 1. The quantitative estimate of drug-likeness (QED) is 0.534. The number of esters is 1. The van der Waals surface area contributed by atoms with Gasteiger partial charge in [0, 0.05) is 24.9 Å². The van der Waals surface area contributed by atoms with Crippen LogP contribution in [0.2, 0.25) is 0 Å². The molecular weight excluding hydrogens is 330 g/mol. The van der Waals surface area contributed by atoms with Crippen LogP contribution in [0.25, 0.3) is 0 Å². The number of rotatable bonds is 9. The van der Waals surface area contributed by atoms with E-state index in [0.29, 0.717) is 19.3 Å². The molecule has 0 aliphatic carbocycles. The monoisotopic (exact) mass is 355 g/mol. The molecule has 1 amide bonds. The minimum atomic E-state index is -3.01. The molecule has 1 N–H and O–H groups in total. The highest BCUT2D eigenvalue weighted by atomic mass is 32.2. The minimum absolute atomic E-state index is 0.0596. The third kappa shape index (κ3) is 8.10. The van der Waals surface area contributed by atoms with E-state index in [1.165, 1.54) is 13.4 Å². The van der Waals surface area contributed by atoms with E-state index in [1.807, 2.05) is 31.2 Å². The van der Waals surface area contributed by atoms with E-state index in [-0.39, 0.29) is 18.1 Å². The largest absolute Gasteiger partial charge is 0.467 e. The van der Waals surface area contributed by atoms with Crippen molar-refractivity contribution in [3.8, 4) is 0 Å². The summed E-state index contributed by atoms with van der Waals surface area (Å²) in [4.78, 5) is 23.8. The van der Waals surface area contributed by atoms with Gasteiger partial charge in [-0.05, 0) is 25.3 Å². The molecule has 0 saturated heterocycles. The SMILES string of the molecule is COC(=O)C(Cc1ccc(C)cc1)NC(=O)CCCCS(C)(=O)=O. The van der Waals surface area contributed by atoms with Crippen LogP contribution in [0.1, 0.15) is 30.4 Å². The Balaban J connectivity index is 2.54. The lowest BCUT2D eigenvalue weighted by atomic mass is 10.0. The zero-order valence-electron chi connectivity index (χ0n) is 14.4. The minimum Gasteiger partial charge on any atom is -0.467 e. The molecule has 1 atom stereocenters. The molecule has 1 aromatic rings. The fraction of sp³-hybridized carbons (Fsp3) is 0.529. The summed E-state index contributed by atoms with van der Waals surface area (Å²) < 4.78 is 26.8. The molecule has 6 nitrogen and oxygen atoms in total. The van der Waals surface area contributed by atoms with Gasteiger partial charge in [-0.25, -0.2) is 13.2 Å². The Bertz CT molecular complexity index is 652. The number of benzene rings is 1. The van der Waals surface area contributed by atoms with Crippen molar-refractivity contribution in [2.45, 2.75) is 38.6 Å². The number of hydrogen-bond acceptors (Lipinski definition) is 5. The molecule has 0 bridgehead atoms. The van der Waals surface area contributed by atoms with Gasteiger partial charge in [0.1, 0.15) is 15.9 Å². The molecule has 0 aliphatic heterocycles. The predicted octanol–water partition coefficient (Wildman–Crippen LogP) is 1.41. The van der Waals surface area contributed by atoms with Gasteiger partial charge in [-0.15, -0.1) is 0 Å². The van der Waals surface area contributed by atoms with Crippen molar-refractivity contribution >= 4 is 21.7 Å². The third-order valence-corrected chi connectivity index (χ3v) is 4.58. The Labute approximate surface area is 143 Å². The Kier molecular flexibility index (Phi) is 7.91. The number of amides is 1. The summed E-state index contributed by atoms with van der Waals surface area (Å²) in [7, 11) is -1.73. The Hall–Kier alpha value is -1.89. The molecule has 0 saturated carbocycles. The second-order valence-corrected chi connectivity index (χ2v) is 8.18. The third-order valence-electron chi connectivity index (χ3n) is 3.55. The maximum Gasteiger partial charge on any atom is 0.328 e. The summed E-state index contributed by atoms with van der Waals surface area (Å²) in [5.74, 6) is -0.726. The van der Waals surface area contributed by atoms with Crippen molar-refractivity contribution in [3.63, 3.8) is 0 Å². The second-order valence-electron chi connectivity index (χ2n) is 5.92. The van der Waals surface area contributed by atoms with E-state index in [4.69, 9.17) is 4.74 Å². The molecule has 7 heteroatoms. The summed E-state index contributed by atoms with van der Waals surface area (Å²) >= 11 is 0. The summed E-state index contributed by atoms with van der Waals surface area (Å²) in [5, 5.41) is 2.67.